The predicted octanol–water partition coefficient (Wildman–Crippen LogP) is 1.30. The molecule has 0 radical (unpaired) electrons. The van der Waals surface area contributed by atoms with E-state index in [1.54, 1.807) is 0 Å². The zero-order valence-electron chi connectivity index (χ0n) is 13.6. The van der Waals surface area contributed by atoms with E-state index in [0.29, 0.717) is 6.04 Å². The normalized spacial score (nSPS) is 22.3. The molecule has 0 unspecified atom stereocenters. The Balaban J connectivity index is 1.73. The molecule has 126 valence electrons. The number of ether oxygens (including phenoxy) is 1. The van der Waals surface area contributed by atoms with Crippen molar-refractivity contribution in [3.63, 3.8) is 0 Å². The molecule has 2 rings (SSSR count). The molecule has 2 fully saturated rings. The van der Waals surface area contributed by atoms with E-state index in [1.165, 1.54) is 6.20 Å². The van der Waals surface area contributed by atoms with E-state index in [9.17, 15) is 4.79 Å². The smallest absolute Gasteiger partial charge is 0.410 e. The van der Waals surface area contributed by atoms with Crippen molar-refractivity contribution < 1.29 is 9.53 Å². The van der Waals surface area contributed by atoms with E-state index >= 15 is 0 Å². The number of thiol groups is 1. The molecule has 0 saturated carbocycles. The van der Waals surface area contributed by atoms with Gasteiger partial charge in [0.15, 0.2) is 0 Å². The summed E-state index contributed by atoms with van der Waals surface area (Å²) in [6.45, 7) is 9.39. The van der Waals surface area contributed by atoms with E-state index in [1.807, 2.05) is 4.90 Å². The van der Waals surface area contributed by atoms with E-state index in [2.05, 4.69) is 36.3 Å². The number of rotatable bonds is 3. The predicted molar refractivity (Wildman–Crippen MR) is 90.6 cm³/mol. The molecule has 2 aliphatic heterocycles. The van der Waals surface area contributed by atoms with Crippen molar-refractivity contribution in [3.8, 4) is 0 Å². The molecule has 0 bridgehead atoms. The van der Waals surface area contributed by atoms with Crippen LogP contribution in [-0.2, 0) is 4.74 Å². The number of piperidine rings is 1. The summed E-state index contributed by atoms with van der Waals surface area (Å²) in [6, 6.07) is 0.536. The topological polar surface area (TPSA) is 62.0 Å². The highest BCUT2D eigenvalue weighted by Crippen LogP contribution is 2.20. The molecule has 2 heterocycles. The molecule has 7 heteroatoms. The molecule has 0 aromatic heterocycles. The average Bonchev–Trinajstić information content (AvgIpc) is 2.54. The quantitative estimate of drug-likeness (QED) is 0.765. The van der Waals surface area contributed by atoms with Crippen LogP contribution in [0.3, 0.4) is 0 Å². The second kappa shape index (κ2) is 7.97. The van der Waals surface area contributed by atoms with E-state index < -0.39 is 0 Å². The van der Waals surface area contributed by atoms with Gasteiger partial charge in [-0.05, 0) is 13.8 Å². The van der Waals surface area contributed by atoms with Crippen molar-refractivity contribution in [1.29, 1.82) is 0 Å². The number of hydrogen-bond donors (Lipinski definition) is 2. The zero-order chi connectivity index (χ0) is 16.1. The summed E-state index contributed by atoms with van der Waals surface area (Å²) in [5.74, 6) is 0. The molecular weight excluding hydrogens is 300 g/mol. The van der Waals surface area contributed by atoms with Crippen LogP contribution < -0.4 is 5.73 Å². The fraction of sp³-hybridized carbons (Fsp3) is 0.800. The van der Waals surface area contributed by atoms with Gasteiger partial charge in [-0.1, -0.05) is 0 Å². The van der Waals surface area contributed by atoms with E-state index in [4.69, 9.17) is 10.5 Å². The lowest BCUT2D eigenvalue weighted by Gasteiger charge is -2.38. The summed E-state index contributed by atoms with van der Waals surface area (Å²) in [5.41, 5.74) is 5.47. The summed E-state index contributed by atoms with van der Waals surface area (Å²) in [4.78, 5) is 18.6. The first-order valence-corrected chi connectivity index (χ1v) is 8.51. The number of likely N-dealkylation sites (tertiary alicyclic amines) is 1. The number of piperazine rings is 1. The van der Waals surface area contributed by atoms with Crippen LogP contribution in [0, 0.1) is 0 Å². The molecule has 0 atom stereocenters. The zero-order valence-corrected chi connectivity index (χ0v) is 14.5. The Hall–Kier alpha value is -1.08. The molecule has 0 aliphatic carbocycles. The summed E-state index contributed by atoms with van der Waals surface area (Å²) in [5, 5.41) is 0.787. The average molecular weight is 328 g/mol. The molecule has 6 nitrogen and oxygen atoms in total. The van der Waals surface area contributed by atoms with Crippen LogP contribution in [0.15, 0.2) is 11.2 Å². The fourth-order valence-electron chi connectivity index (χ4n) is 2.95. The minimum atomic E-state index is -0.165. The van der Waals surface area contributed by atoms with E-state index in [-0.39, 0.29) is 12.2 Å². The number of carbonyl (C=O) groups excluding carboxylic acids is 1. The SMILES string of the molecule is CC(C)N1CCN(C(=O)OC2CCN(/C(S)=C/N)CC2)CC1. The molecule has 2 N–H and O–H groups in total. The van der Waals surface area contributed by atoms with Crippen molar-refractivity contribution in [2.24, 2.45) is 5.73 Å². The Morgan fingerprint density at radius 2 is 1.73 bits per heavy atom. The van der Waals surface area contributed by atoms with Crippen LogP contribution in [0.2, 0.25) is 0 Å². The Morgan fingerprint density at radius 1 is 1.14 bits per heavy atom. The monoisotopic (exact) mass is 328 g/mol. The van der Waals surface area contributed by atoms with Crippen LogP contribution in [0.4, 0.5) is 4.79 Å². The first kappa shape index (κ1) is 17.3. The number of amides is 1. The maximum atomic E-state index is 12.2. The van der Waals surface area contributed by atoms with Crippen LogP contribution in [0.25, 0.3) is 0 Å². The molecule has 0 aromatic rings. The van der Waals surface area contributed by atoms with Crippen molar-refractivity contribution in [1.82, 2.24) is 14.7 Å². The van der Waals surface area contributed by atoms with Gasteiger partial charge in [0.25, 0.3) is 0 Å². The standard InChI is InChI=1S/C15H28N4O2S/c1-12(2)17-7-9-19(10-8-17)15(20)21-13-3-5-18(6-4-13)14(22)11-16/h11-13,22H,3-10,16H2,1-2H3/b14-11-. The van der Waals surface area contributed by atoms with Crippen LogP contribution in [0.1, 0.15) is 26.7 Å². The highest BCUT2D eigenvalue weighted by molar-refractivity contribution is 7.84. The highest BCUT2D eigenvalue weighted by Gasteiger charge is 2.27. The van der Waals surface area contributed by atoms with E-state index in [0.717, 1.165) is 57.1 Å². The largest absolute Gasteiger partial charge is 0.446 e. The highest BCUT2D eigenvalue weighted by atomic mass is 32.1. The van der Waals surface area contributed by atoms with Crippen molar-refractivity contribution in [3.05, 3.63) is 11.2 Å². The molecule has 1 amide bonds. The number of nitrogens with zero attached hydrogens (tertiary/aromatic N) is 3. The first-order valence-electron chi connectivity index (χ1n) is 8.06. The summed E-state index contributed by atoms with van der Waals surface area (Å²) in [7, 11) is 0. The summed E-state index contributed by atoms with van der Waals surface area (Å²) >= 11 is 4.32. The maximum absolute atomic E-state index is 12.2. The number of carbonyl (C=O) groups is 1. The van der Waals surface area contributed by atoms with Gasteiger partial charge in [0.1, 0.15) is 6.10 Å². The van der Waals surface area contributed by atoms with Crippen molar-refractivity contribution in [2.45, 2.75) is 38.8 Å². The van der Waals surface area contributed by atoms with Gasteiger partial charge < -0.3 is 20.3 Å². The molecule has 22 heavy (non-hydrogen) atoms. The first-order chi connectivity index (χ1) is 10.5. The number of nitrogens with two attached hydrogens (primary N) is 1. The Labute approximate surface area is 138 Å². The Bertz CT molecular complexity index is 400. The van der Waals surface area contributed by atoms with Crippen LogP contribution in [-0.4, -0.2) is 72.2 Å². The third kappa shape index (κ3) is 4.46. The molecule has 2 saturated heterocycles. The van der Waals surface area contributed by atoms with Gasteiger partial charge in [0.2, 0.25) is 0 Å². The van der Waals surface area contributed by atoms with Crippen LogP contribution >= 0.6 is 12.6 Å². The summed E-state index contributed by atoms with van der Waals surface area (Å²) in [6.07, 6.45) is 3.00. The number of hydrogen-bond acceptors (Lipinski definition) is 6. The maximum Gasteiger partial charge on any atom is 0.410 e. The van der Waals surface area contributed by atoms with Gasteiger partial charge in [0, 0.05) is 64.4 Å². The van der Waals surface area contributed by atoms with Gasteiger partial charge in [0.05, 0.1) is 5.03 Å². The van der Waals surface area contributed by atoms with Crippen LogP contribution in [0.5, 0.6) is 0 Å². The third-order valence-electron chi connectivity index (χ3n) is 4.49. The minimum absolute atomic E-state index is 0.00536. The van der Waals surface area contributed by atoms with Gasteiger partial charge in [-0.25, -0.2) is 4.79 Å². The van der Waals surface area contributed by atoms with Crippen molar-refractivity contribution in [2.75, 3.05) is 39.3 Å². The third-order valence-corrected chi connectivity index (χ3v) is 4.92. The van der Waals surface area contributed by atoms with Crippen molar-refractivity contribution >= 4 is 18.7 Å². The van der Waals surface area contributed by atoms with Gasteiger partial charge in [-0.15, -0.1) is 12.6 Å². The second-order valence-corrected chi connectivity index (χ2v) is 6.67. The molecule has 0 spiro atoms. The Kier molecular flexibility index (Phi) is 6.26. The van der Waals surface area contributed by atoms with Gasteiger partial charge in [-0.3, -0.25) is 4.90 Å². The van der Waals surface area contributed by atoms with Gasteiger partial charge in [-0.2, -0.15) is 0 Å². The lowest BCUT2D eigenvalue weighted by molar-refractivity contribution is 0.0218. The lowest BCUT2D eigenvalue weighted by atomic mass is 10.1. The lowest BCUT2D eigenvalue weighted by Crippen LogP contribution is -2.51. The second-order valence-electron chi connectivity index (χ2n) is 6.21. The molecule has 0 aromatic carbocycles. The fourth-order valence-corrected chi connectivity index (χ4v) is 3.15. The van der Waals surface area contributed by atoms with Gasteiger partial charge >= 0.3 is 6.09 Å². The molecule has 2 aliphatic rings. The minimum Gasteiger partial charge on any atom is -0.446 e. The summed E-state index contributed by atoms with van der Waals surface area (Å²) < 4.78 is 5.65. The Morgan fingerprint density at radius 3 is 2.23 bits per heavy atom. The molecular formula is C15H28N4O2S.